The van der Waals surface area contributed by atoms with E-state index in [1.54, 1.807) is 0 Å². The van der Waals surface area contributed by atoms with E-state index < -0.39 is 0 Å². The van der Waals surface area contributed by atoms with E-state index in [-0.39, 0.29) is 0 Å². The third-order valence-corrected chi connectivity index (χ3v) is 4.93. The second kappa shape index (κ2) is 7.64. The summed E-state index contributed by atoms with van der Waals surface area (Å²) in [7, 11) is 0. The standard InChI is InChI=1S/C17H34N2/c1-13(2)7-9-19-17-12-15(17)11-14(3)8-10-18-16-5-4-6-16/h13-19H,4-12H2,1-3H3. The molecule has 3 atom stereocenters. The first-order valence-corrected chi connectivity index (χ1v) is 8.62. The van der Waals surface area contributed by atoms with E-state index in [4.69, 9.17) is 0 Å². The van der Waals surface area contributed by atoms with Crippen LogP contribution in [0.25, 0.3) is 0 Å². The lowest BCUT2D eigenvalue weighted by atomic mass is 9.92. The molecule has 2 fully saturated rings. The van der Waals surface area contributed by atoms with Crippen LogP contribution in [0, 0.1) is 17.8 Å². The molecule has 19 heavy (non-hydrogen) atoms. The third-order valence-electron chi connectivity index (χ3n) is 4.93. The Morgan fingerprint density at radius 3 is 2.37 bits per heavy atom. The SMILES string of the molecule is CC(C)CCNC1CC1CC(C)CCNC1CCC1. The van der Waals surface area contributed by atoms with Crippen molar-refractivity contribution in [2.45, 2.75) is 77.8 Å². The van der Waals surface area contributed by atoms with E-state index in [1.165, 1.54) is 58.0 Å². The molecule has 0 radical (unpaired) electrons. The highest BCUT2D eigenvalue weighted by atomic mass is 15.0. The minimum absolute atomic E-state index is 0.834. The molecule has 112 valence electrons. The predicted octanol–water partition coefficient (Wildman–Crippen LogP) is 3.57. The van der Waals surface area contributed by atoms with Gasteiger partial charge in [0.1, 0.15) is 0 Å². The summed E-state index contributed by atoms with van der Waals surface area (Å²) in [5.74, 6) is 2.71. The highest BCUT2D eigenvalue weighted by Gasteiger charge is 2.36. The first kappa shape index (κ1) is 15.3. The van der Waals surface area contributed by atoms with Crippen molar-refractivity contribution in [1.29, 1.82) is 0 Å². The van der Waals surface area contributed by atoms with Crippen molar-refractivity contribution in [3.05, 3.63) is 0 Å². The molecule has 2 saturated carbocycles. The summed E-state index contributed by atoms with van der Waals surface area (Å²) in [4.78, 5) is 0. The zero-order chi connectivity index (χ0) is 13.7. The quantitative estimate of drug-likeness (QED) is 0.632. The van der Waals surface area contributed by atoms with Gasteiger partial charge in [0.2, 0.25) is 0 Å². The molecule has 2 nitrogen and oxygen atoms in total. The smallest absolute Gasteiger partial charge is 0.00992 e. The third kappa shape index (κ3) is 5.83. The Morgan fingerprint density at radius 1 is 1.00 bits per heavy atom. The van der Waals surface area contributed by atoms with E-state index in [2.05, 4.69) is 31.4 Å². The van der Waals surface area contributed by atoms with Gasteiger partial charge in [-0.05, 0) is 69.4 Å². The number of hydrogen-bond acceptors (Lipinski definition) is 2. The maximum Gasteiger partial charge on any atom is 0.00992 e. The van der Waals surface area contributed by atoms with Gasteiger partial charge >= 0.3 is 0 Å². The van der Waals surface area contributed by atoms with E-state index in [0.717, 1.165) is 29.8 Å². The van der Waals surface area contributed by atoms with Gasteiger partial charge in [-0.2, -0.15) is 0 Å². The minimum atomic E-state index is 0.834. The molecule has 0 aromatic carbocycles. The van der Waals surface area contributed by atoms with Gasteiger partial charge in [-0.15, -0.1) is 0 Å². The van der Waals surface area contributed by atoms with Crippen molar-refractivity contribution in [2.75, 3.05) is 13.1 Å². The zero-order valence-electron chi connectivity index (χ0n) is 13.3. The maximum atomic E-state index is 3.72. The lowest BCUT2D eigenvalue weighted by Gasteiger charge is -2.27. The van der Waals surface area contributed by atoms with Crippen LogP contribution in [0.2, 0.25) is 0 Å². The zero-order valence-corrected chi connectivity index (χ0v) is 13.3. The minimum Gasteiger partial charge on any atom is -0.314 e. The Morgan fingerprint density at radius 2 is 1.74 bits per heavy atom. The van der Waals surface area contributed by atoms with Crippen LogP contribution in [-0.4, -0.2) is 25.2 Å². The van der Waals surface area contributed by atoms with Gasteiger partial charge in [0.25, 0.3) is 0 Å². The van der Waals surface area contributed by atoms with E-state index in [9.17, 15) is 0 Å². The molecule has 2 aliphatic rings. The molecule has 0 spiro atoms. The Kier molecular flexibility index (Phi) is 6.15. The molecule has 0 bridgehead atoms. The van der Waals surface area contributed by atoms with Crippen LogP contribution in [0.3, 0.4) is 0 Å². The van der Waals surface area contributed by atoms with Gasteiger partial charge in [0.15, 0.2) is 0 Å². The van der Waals surface area contributed by atoms with Gasteiger partial charge in [0, 0.05) is 12.1 Å². The lowest BCUT2D eigenvalue weighted by molar-refractivity contribution is 0.323. The van der Waals surface area contributed by atoms with Crippen LogP contribution in [-0.2, 0) is 0 Å². The van der Waals surface area contributed by atoms with Gasteiger partial charge in [-0.25, -0.2) is 0 Å². The van der Waals surface area contributed by atoms with Crippen LogP contribution in [0.1, 0.15) is 65.7 Å². The van der Waals surface area contributed by atoms with Crippen LogP contribution < -0.4 is 10.6 Å². The monoisotopic (exact) mass is 266 g/mol. The summed E-state index contributed by atoms with van der Waals surface area (Å²) in [6.45, 7) is 9.51. The van der Waals surface area contributed by atoms with Crippen molar-refractivity contribution >= 4 is 0 Å². The van der Waals surface area contributed by atoms with Crippen molar-refractivity contribution < 1.29 is 0 Å². The van der Waals surface area contributed by atoms with E-state index in [1.807, 2.05) is 0 Å². The number of rotatable bonds is 10. The fourth-order valence-electron chi connectivity index (χ4n) is 3.10. The normalized spacial score (nSPS) is 28.4. The largest absolute Gasteiger partial charge is 0.314 e. The number of nitrogens with one attached hydrogen (secondary N) is 2. The average molecular weight is 266 g/mol. The van der Waals surface area contributed by atoms with Crippen LogP contribution in [0.4, 0.5) is 0 Å². The summed E-state index contributed by atoms with van der Waals surface area (Å²) in [6.07, 6.45) is 9.83. The van der Waals surface area contributed by atoms with Gasteiger partial charge in [-0.3, -0.25) is 0 Å². The molecule has 0 aliphatic heterocycles. The molecule has 2 rings (SSSR count). The van der Waals surface area contributed by atoms with E-state index in [0.29, 0.717) is 0 Å². The maximum absolute atomic E-state index is 3.72. The fourth-order valence-corrected chi connectivity index (χ4v) is 3.10. The van der Waals surface area contributed by atoms with Crippen molar-refractivity contribution in [3.8, 4) is 0 Å². The molecule has 0 aromatic heterocycles. The summed E-state index contributed by atoms with van der Waals surface area (Å²) in [5.41, 5.74) is 0. The number of hydrogen-bond donors (Lipinski definition) is 2. The van der Waals surface area contributed by atoms with Gasteiger partial charge < -0.3 is 10.6 Å². The Balaban J connectivity index is 1.44. The Hall–Kier alpha value is -0.0800. The molecular formula is C17H34N2. The molecule has 3 unspecified atom stereocenters. The summed E-state index contributed by atoms with van der Waals surface area (Å²) < 4.78 is 0. The van der Waals surface area contributed by atoms with Gasteiger partial charge in [-0.1, -0.05) is 27.2 Å². The molecular weight excluding hydrogens is 232 g/mol. The second-order valence-corrected chi connectivity index (χ2v) is 7.45. The topological polar surface area (TPSA) is 24.1 Å². The summed E-state index contributed by atoms with van der Waals surface area (Å²) in [6, 6.07) is 1.71. The highest BCUT2D eigenvalue weighted by molar-refractivity contribution is 4.93. The average Bonchev–Trinajstić information content (AvgIpc) is 3.00. The lowest BCUT2D eigenvalue weighted by Crippen LogP contribution is -2.36. The van der Waals surface area contributed by atoms with E-state index >= 15 is 0 Å². The summed E-state index contributed by atoms with van der Waals surface area (Å²) in [5, 5.41) is 7.41. The first-order valence-electron chi connectivity index (χ1n) is 8.62. The molecule has 2 N–H and O–H groups in total. The predicted molar refractivity (Wildman–Crippen MR) is 83.4 cm³/mol. The molecule has 2 heteroatoms. The van der Waals surface area contributed by atoms with Crippen molar-refractivity contribution in [1.82, 2.24) is 10.6 Å². The molecule has 0 amide bonds. The van der Waals surface area contributed by atoms with Crippen molar-refractivity contribution in [3.63, 3.8) is 0 Å². The Labute approximate surface area is 120 Å². The van der Waals surface area contributed by atoms with Crippen molar-refractivity contribution in [2.24, 2.45) is 17.8 Å². The second-order valence-electron chi connectivity index (χ2n) is 7.45. The molecule has 0 aromatic rings. The highest BCUT2D eigenvalue weighted by Crippen LogP contribution is 2.37. The van der Waals surface area contributed by atoms with Crippen LogP contribution in [0.5, 0.6) is 0 Å². The summed E-state index contributed by atoms with van der Waals surface area (Å²) >= 11 is 0. The molecule has 0 heterocycles. The van der Waals surface area contributed by atoms with Gasteiger partial charge in [0.05, 0.1) is 0 Å². The fraction of sp³-hybridized carbons (Fsp3) is 1.00. The molecule has 2 aliphatic carbocycles. The van der Waals surface area contributed by atoms with Crippen LogP contribution >= 0.6 is 0 Å². The molecule has 0 saturated heterocycles. The van der Waals surface area contributed by atoms with Crippen LogP contribution in [0.15, 0.2) is 0 Å². The first-order chi connectivity index (χ1) is 9.15. The Bertz CT molecular complexity index is 248.